The minimum absolute atomic E-state index is 0.0652. The normalized spacial score (nSPS) is 11.5. The SMILES string of the molecule is COc1ccc(-c2c(-c3ccc(O)cc3O)n[nH]c2C(F)(F)F)cc1. The van der Waals surface area contributed by atoms with E-state index in [1.807, 2.05) is 5.10 Å². The summed E-state index contributed by atoms with van der Waals surface area (Å²) in [5.41, 5.74) is -0.981. The highest BCUT2D eigenvalue weighted by atomic mass is 19.4. The highest BCUT2D eigenvalue weighted by molar-refractivity contribution is 5.85. The molecule has 0 bridgehead atoms. The van der Waals surface area contributed by atoms with E-state index < -0.39 is 11.9 Å². The molecule has 0 saturated carbocycles. The van der Waals surface area contributed by atoms with Crippen LogP contribution in [0.4, 0.5) is 13.2 Å². The number of aromatic nitrogens is 2. The number of nitrogens with zero attached hydrogens (tertiary/aromatic N) is 1. The topological polar surface area (TPSA) is 78.4 Å². The lowest BCUT2D eigenvalue weighted by Gasteiger charge is -2.11. The van der Waals surface area contributed by atoms with Crippen molar-refractivity contribution in [2.45, 2.75) is 6.18 Å². The van der Waals surface area contributed by atoms with E-state index in [-0.39, 0.29) is 33.9 Å². The maximum absolute atomic E-state index is 13.4. The predicted molar refractivity (Wildman–Crippen MR) is 84.3 cm³/mol. The van der Waals surface area contributed by atoms with Crippen molar-refractivity contribution >= 4 is 0 Å². The largest absolute Gasteiger partial charge is 0.508 e. The Morgan fingerprint density at radius 2 is 1.72 bits per heavy atom. The van der Waals surface area contributed by atoms with Crippen LogP contribution in [0.5, 0.6) is 17.2 Å². The number of nitrogens with one attached hydrogen (secondary N) is 1. The standard InChI is InChI=1S/C17H13F3N2O3/c1-25-11-5-2-9(3-6-11)14-15(21-22-16(14)17(18,19)20)12-7-4-10(23)8-13(12)24/h2-8,23-24H,1H3,(H,21,22). The molecule has 8 heteroatoms. The molecular formula is C17H13F3N2O3. The van der Waals surface area contributed by atoms with Crippen LogP contribution in [0, 0.1) is 0 Å². The molecule has 0 aliphatic rings. The second-order valence-electron chi connectivity index (χ2n) is 5.25. The number of aromatic amines is 1. The van der Waals surface area contributed by atoms with Crippen molar-refractivity contribution in [1.29, 1.82) is 0 Å². The van der Waals surface area contributed by atoms with Gasteiger partial charge in [-0.2, -0.15) is 18.3 Å². The van der Waals surface area contributed by atoms with Crippen LogP contribution < -0.4 is 4.74 Å². The van der Waals surface area contributed by atoms with Crippen molar-refractivity contribution in [2.75, 3.05) is 7.11 Å². The van der Waals surface area contributed by atoms with Crippen molar-refractivity contribution in [2.24, 2.45) is 0 Å². The van der Waals surface area contributed by atoms with Crippen LogP contribution >= 0.6 is 0 Å². The quantitative estimate of drug-likeness (QED) is 0.662. The fourth-order valence-electron chi connectivity index (χ4n) is 2.50. The van der Waals surface area contributed by atoms with E-state index in [9.17, 15) is 23.4 Å². The molecule has 0 fully saturated rings. The molecule has 5 nitrogen and oxygen atoms in total. The molecule has 0 radical (unpaired) electrons. The van der Waals surface area contributed by atoms with Crippen LogP contribution in [-0.4, -0.2) is 27.5 Å². The fourth-order valence-corrected chi connectivity index (χ4v) is 2.50. The molecule has 3 rings (SSSR count). The van der Waals surface area contributed by atoms with E-state index in [0.717, 1.165) is 6.07 Å². The van der Waals surface area contributed by atoms with Gasteiger partial charge in [0.05, 0.1) is 7.11 Å². The Morgan fingerprint density at radius 3 is 2.28 bits per heavy atom. The Bertz CT molecular complexity index is 902. The Kier molecular flexibility index (Phi) is 4.03. The molecule has 3 aromatic rings. The Balaban J connectivity index is 2.24. The molecule has 0 aliphatic carbocycles. The second-order valence-corrected chi connectivity index (χ2v) is 5.25. The van der Waals surface area contributed by atoms with Crippen molar-refractivity contribution in [3.05, 3.63) is 48.2 Å². The Morgan fingerprint density at radius 1 is 1.04 bits per heavy atom. The van der Waals surface area contributed by atoms with E-state index in [2.05, 4.69) is 5.10 Å². The van der Waals surface area contributed by atoms with E-state index in [0.29, 0.717) is 5.75 Å². The summed E-state index contributed by atoms with van der Waals surface area (Å²) >= 11 is 0. The lowest BCUT2D eigenvalue weighted by molar-refractivity contribution is -0.140. The molecule has 130 valence electrons. The third kappa shape index (κ3) is 3.10. The zero-order chi connectivity index (χ0) is 18.2. The van der Waals surface area contributed by atoms with Crippen LogP contribution in [0.1, 0.15) is 5.69 Å². The van der Waals surface area contributed by atoms with Gasteiger partial charge in [0.2, 0.25) is 0 Å². The van der Waals surface area contributed by atoms with E-state index >= 15 is 0 Å². The number of H-pyrrole nitrogens is 1. The number of alkyl halides is 3. The first kappa shape index (κ1) is 16.7. The number of phenols is 2. The fraction of sp³-hybridized carbons (Fsp3) is 0.118. The van der Waals surface area contributed by atoms with Gasteiger partial charge in [-0.25, -0.2) is 0 Å². The molecule has 3 N–H and O–H groups in total. The lowest BCUT2D eigenvalue weighted by Crippen LogP contribution is -2.07. The summed E-state index contributed by atoms with van der Waals surface area (Å²) < 4.78 is 45.1. The van der Waals surface area contributed by atoms with Gasteiger partial charge in [-0.3, -0.25) is 5.10 Å². The highest BCUT2D eigenvalue weighted by Crippen LogP contribution is 2.43. The summed E-state index contributed by atoms with van der Waals surface area (Å²) in [6.07, 6.45) is -4.66. The van der Waals surface area contributed by atoms with Crippen molar-refractivity contribution in [3.8, 4) is 39.6 Å². The summed E-state index contributed by atoms with van der Waals surface area (Å²) in [5.74, 6) is -0.0938. The van der Waals surface area contributed by atoms with Crippen molar-refractivity contribution in [1.82, 2.24) is 10.2 Å². The maximum atomic E-state index is 13.4. The number of benzene rings is 2. The average molecular weight is 350 g/mol. The predicted octanol–water partition coefficient (Wildman–Crippen LogP) is 4.18. The Labute approximate surface area is 140 Å². The monoisotopic (exact) mass is 350 g/mol. The first-order valence-electron chi connectivity index (χ1n) is 7.13. The van der Waals surface area contributed by atoms with Gasteiger partial charge in [-0.15, -0.1) is 0 Å². The van der Waals surface area contributed by atoms with E-state index in [4.69, 9.17) is 4.74 Å². The zero-order valence-corrected chi connectivity index (χ0v) is 12.9. The van der Waals surface area contributed by atoms with E-state index in [1.165, 1.54) is 43.5 Å². The molecule has 0 saturated heterocycles. The molecule has 0 spiro atoms. The molecule has 1 aromatic heterocycles. The average Bonchev–Trinajstić information content (AvgIpc) is 3.00. The van der Waals surface area contributed by atoms with Crippen LogP contribution in [0.2, 0.25) is 0 Å². The minimum atomic E-state index is -4.66. The first-order valence-corrected chi connectivity index (χ1v) is 7.13. The van der Waals surface area contributed by atoms with E-state index in [1.54, 1.807) is 0 Å². The number of aromatic hydroxyl groups is 2. The van der Waals surface area contributed by atoms with Crippen molar-refractivity contribution in [3.63, 3.8) is 0 Å². The number of phenolic OH excluding ortho intramolecular Hbond substituents is 2. The van der Waals surface area contributed by atoms with Crippen LogP contribution in [0.15, 0.2) is 42.5 Å². The number of hydrogen-bond donors (Lipinski definition) is 3. The van der Waals surface area contributed by atoms with Gasteiger partial charge < -0.3 is 14.9 Å². The number of halogens is 3. The summed E-state index contributed by atoms with van der Waals surface area (Å²) in [5, 5.41) is 25.1. The first-order chi connectivity index (χ1) is 11.8. The summed E-state index contributed by atoms with van der Waals surface area (Å²) in [6.45, 7) is 0. The van der Waals surface area contributed by atoms with Crippen molar-refractivity contribution < 1.29 is 28.1 Å². The molecule has 25 heavy (non-hydrogen) atoms. The molecule has 0 atom stereocenters. The third-order valence-corrected chi connectivity index (χ3v) is 3.66. The smallest absolute Gasteiger partial charge is 0.433 e. The minimum Gasteiger partial charge on any atom is -0.508 e. The summed E-state index contributed by atoms with van der Waals surface area (Å²) in [7, 11) is 1.45. The number of hydrogen-bond acceptors (Lipinski definition) is 4. The zero-order valence-electron chi connectivity index (χ0n) is 12.9. The Hall–Kier alpha value is -3.16. The van der Waals surface area contributed by atoms with Gasteiger partial charge in [0.25, 0.3) is 0 Å². The lowest BCUT2D eigenvalue weighted by atomic mass is 9.98. The number of methoxy groups -OCH3 is 1. The molecule has 2 aromatic carbocycles. The highest BCUT2D eigenvalue weighted by Gasteiger charge is 2.38. The second kappa shape index (κ2) is 6.04. The van der Waals surface area contributed by atoms with Gasteiger partial charge in [-0.05, 0) is 29.8 Å². The van der Waals surface area contributed by atoms with Gasteiger partial charge >= 0.3 is 6.18 Å². The summed E-state index contributed by atoms with van der Waals surface area (Å²) in [6, 6.07) is 9.60. The molecular weight excluding hydrogens is 337 g/mol. The van der Waals surface area contributed by atoms with Gasteiger partial charge in [0.15, 0.2) is 0 Å². The van der Waals surface area contributed by atoms with Crippen LogP contribution in [0.25, 0.3) is 22.4 Å². The van der Waals surface area contributed by atoms with Crippen LogP contribution in [0.3, 0.4) is 0 Å². The van der Waals surface area contributed by atoms with Gasteiger partial charge in [0.1, 0.15) is 28.6 Å². The third-order valence-electron chi connectivity index (χ3n) is 3.66. The number of rotatable bonds is 3. The van der Waals surface area contributed by atoms with Gasteiger partial charge in [-0.1, -0.05) is 12.1 Å². The molecule has 0 amide bonds. The molecule has 0 aliphatic heterocycles. The van der Waals surface area contributed by atoms with Crippen LogP contribution in [-0.2, 0) is 6.18 Å². The van der Waals surface area contributed by atoms with Gasteiger partial charge in [0, 0.05) is 17.2 Å². The molecule has 0 unspecified atom stereocenters. The number of ether oxygens (including phenoxy) is 1. The molecule has 1 heterocycles. The maximum Gasteiger partial charge on any atom is 0.433 e. The summed E-state index contributed by atoms with van der Waals surface area (Å²) in [4.78, 5) is 0.